The molecule has 0 N–H and O–H groups in total. The predicted molar refractivity (Wildman–Crippen MR) is 75.3 cm³/mol. The zero-order chi connectivity index (χ0) is 13.8. The van der Waals surface area contributed by atoms with E-state index in [4.69, 9.17) is 0 Å². The van der Waals surface area contributed by atoms with Crippen molar-refractivity contribution in [3.05, 3.63) is 59.2 Å². The predicted octanol–water partition coefficient (Wildman–Crippen LogP) is 3.33. The van der Waals surface area contributed by atoms with E-state index in [1.165, 1.54) is 5.56 Å². The fourth-order valence-electron chi connectivity index (χ4n) is 1.82. The van der Waals surface area contributed by atoms with Gasteiger partial charge in [-0.05, 0) is 29.5 Å². The molecule has 0 aliphatic carbocycles. The average Bonchev–Trinajstić information content (AvgIpc) is 2.40. The van der Waals surface area contributed by atoms with Gasteiger partial charge in [-0.25, -0.2) is 9.97 Å². The number of nitrogens with zero attached hydrogens (tertiary/aromatic N) is 2. The highest BCUT2D eigenvalue weighted by Crippen LogP contribution is 2.15. The molecule has 0 unspecified atom stereocenters. The van der Waals surface area contributed by atoms with Crippen LogP contribution in [0.1, 0.15) is 47.1 Å². The largest absolute Gasteiger partial charge is 0.290 e. The third-order valence-electron chi connectivity index (χ3n) is 3.04. The Balaban J connectivity index is 2.08. The van der Waals surface area contributed by atoms with E-state index in [1.807, 2.05) is 19.1 Å². The summed E-state index contributed by atoms with van der Waals surface area (Å²) < 4.78 is 0. The lowest BCUT2D eigenvalue weighted by atomic mass is 10.00. The summed E-state index contributed by atoms with van der Waals surface area (Å²) in [6, 6.07) is 8.15. The minimum atomic E-state index is -0.0442. The molecule has 0 amide bonds. The summed E-state index contributed by atoms with van der Waals surface area (Å²) in [4.78, 5) is 20.1. The zero-order valence-corrected chi connectivity index (χ0v) is 11.6. The second-order valence-corrected chi connectivity index (χ2v) is 5.08. The van der Waals surface area contributed by atoms with Crippen LogP contribution in [0.2, 0.25) is 0 Å². The van der Waals surface area contributed by atoms with Crippen molar-refractivity contribution >= 4 is 5.78 Å². The van der Waals surface area contributed by atoms with E-state index in [1.54, 1.807) is 12.4 Å². The highest BCUT2D eigenvalue weighted by Gasteiger charge is 2.10. The molecule has 2 aromatic rings. The lowest BCUT2D eigenvalue weighted by Crippen LogP contribution is -2.08. The highest BCUT2D eigenvalue weighted by molar-refractivity contribution is 5.94. The quantitative estimate of drug-likeness (QED) is 0.786. The van der Waals surface area contributed by atoms with Gasteiger partial charge in [0.2, 0.25) is 5.78 Å². The van der Waals surface area contributed by atoms with Gasteiger partial charge in [0, 0.05) is 18.8 Å². The van der Waals surface area contributed by atoms with E-state index in [0.717, 1.165) is 11.1 Å². The van der Waals surface area contributed by atoms with Gasteiger partial charge in [-0.1, -0.05) is 38.1 Å². The fraction of sp³-hybridized carbons (Fsp3) is 0.312. The molecule has 0 saturated heterocycles. The van der Waals surface area contributed by atoms with Gasteiger partial charge in [-0.3, -0.25) is 4.79 Å². The number of aromatic nitrogens is 2. The van der Waals surface area contributed by atoms with Crippen molar-refractivity contribution in [2.45, 2.75) is 33.1 Å². The van der Waals surface area contributed by atoms with E-state index in [0.29, 0.717) is 18.2 Å². The second kappa shape index (κ2) is 5.74. The minimum Gasteiger partial charge on any atom is -0.290 e. The smallest absolute Gasteiger partial charge is 0.204 e. The van der Waals surface area contributed by atoms with Gasteiger partial charge in [0.15, 0.2) is 5.82 Å². The molecule has 0 fully saturated rings. The zero-order valence-electron chi connectivity index (χ0n) is 11.6. The van der Waals surface area contributed by atoms with E-state index in [2.05, 4.69) is 35.9 Å². The fourth-order valence-corrected chi connectivity index (χ4v) is 1.82. The summed E-state index contributed by atoms with van der Waals surface area (Å²) in [6.45, 7) is 6.21. The molecule has 0 aliphatic heterocycles. The Hall–Kier alpha value is -2.03. The minimum absolute atomic E-state index is 0.0442. The molecule has 1 aromatic carbocycles. The molecule has 3 nitrogen and oxygen atoms in total. The third-order valence-corrected chi connectivity index (χ3v) is 3.04. The Morgan fingerprint density at radius 2 is 1.68 bits per heavy atom. The summed E-state index contributed by atoms with van der Waals surface area (Å²) in [5, 5.41) is 0. The Morgan fingerprint density at radius 3 is 2.21 bits per heavy atom. The van der Waals surface area contributed by atoms with Crippen molar-refractivity contribution in [2.24, 2.45) is 0 Å². The topological polar surface area (TPSA) is 42.9 Å². The second-order valence-electron chi connectivity index (χ2n) is 5.08. The molecule has 1 aromatic heterocycles. The van der Waals surface area contributed by atoms with Crippen LogP contribution in [-0.4, -0.2) is 15.8 Å². The maximum atomic E-state index is 12.0. The van der Waals surface area contributed by atoms with E-state index < -0.39 is 0 Å². The first-order valence-electron chi connectivity index (χ1n) is 6.47. The van der Waals surface area contributed by atoms with Crippen LogP contribution in [0.5, 0.6) is 0 Å². The van der Waals surface area contributed by atoms with Crippen LogP contribution in [0.15, 0.2) is 36.7 Å². The third kappa shape index (κ3) is 3.47. The van der Waals surface area contributed by atoms with Crippen LogP contribution >= 0.6 is 0 Å². The number of rotatable bonds is 4. The van der Waals surface area contributed by atoms with Gasteiger partial charge in [0.1, 0.15) is 0 Å². The molecule has 0 saturated carbocycles. The molecule has 0 bridgehead atoms. The van der Waals surface area contributed by atoms with Gasteiger partial charge >= 0.3 is 0 Å². The van der Waals surface area contributed by atoms with Crippen LogP contribution in [0.4, 0.5) is 0 Å². The summed E-state index contributed by atoms with van der Waals surface area (Å²) in [5.41, 5.74) is 3.24. The number of carbonyl (C=O) groups excluding carboxylic acids is 1. The molecule has 19 heavy (non-hydrogen) atoms. The number of hydrogen-bond acceptors (Lipinski definition) is 3. The van der Waals surface area contributed by atoms with Crippen molar-refractivity contribution < 1.29 is 4.79 Å². The van der Waals surface area contributed by atoms with Crippen LogP contribution in [0, 0.1) is 6.92 Å². The lowest BCUT2D eigenvalue weighted by Gasteiger charge is -2.06. The number of Topliss-reactive ketones (excluding diaryl/α,β-unsaturated/α-hetero) is 1. The standard InChI is InChI=1S/C16H18N2O/c1-11(2)14-6-4-13(5-7-14)8-15(19)16-17-9-12(3)10-18-16/h4-7,9-11H,8H2,1-3H3. The normalized spacial score (nSPS) is 10.7. The molecular formula is C16H18N2O. The van der Waals surface area contributed by atoms with Crippen LogP contribution in [-0.2, 0) is 6.42 Å². The SMILES string of the molecule is Cc1cnc(C(=O)Cc2ccc(C(C)C)cc2)nc1. The Morgan fingerprint density at radius 1 is 1.11 bits per heavy atom. The Bertz CT molecular complexity index is 556. The first-order valence-corrected chi connectivity index (χ1v) is 6.47. The average molecular weight is 254 g/mol. The van der Waals surface area contributed by atoms with Crippen molar-refractivity contribution in [1.82, 2.24) is 9.97 Å². The number of ketones is 1. The number of benzene rings is 1. The number of aryl methyl sites for hydroxylation is 1. The Labute approximate surface area is 113 Å². The monoisotopic (exact) mass is 254 g/mol. The molecule has 1 heterocycles. The molecule has 2 rings (SSSR count). The van der Waals surface area contributed by atoms with Gasteiger partial charge < -0.3 is 0 Å². The molecule has 0 atom stereocenters. The van der Waals surface area contributed by atoms with Crippen LogP contribution in [0.25, 0.3) is 0 Å². The van der Waals surface area contributed by atoms with E-state index >= 15 is 0 Å². The summed E-state index contributed by atoms with van der Waals surface area (Å²) in [7, 11) is 0. The van der Waals surface area contributed by atoms with Crippen LogP contribution < -0.4 is 0 Å². The summed E-state index contributed by atoms with van der Waals surface area (Å²) in [6.07, 6.45) is 3.69. The van der Waals surface area contributed by atoms with E-state index in [-0.39, 0.29) is 5.78 Å². The maximum absolute atomic E-state index is 12.0. The van der Waals surface area contributed by atoms with Crippen LogP contribution in [0.3, 0.4) is 0 Å². The lowest BCUT2D eigenvalue weighted by molar-refractivity contribution is 0.0983. The number of hydrogen-bond donors (Lipinski definition) is 0. The molecular weight excluding hydrogens is 236 g/mol. The summed E-state index contributed by atoms with van der Waals surface area (Å²) in [5.74, 6) is 0.751. The first kappa shape index (κ1) is 13.4. The molecule has 0 aliphatic rings. The Kier molecular flexibility index (Phi) is 4.05. The van der Waals surface area contributed by atoms with Gasteiger partial charge in [0.05, 0.1) is 0 Å². The molecule has 98 valence electrons. The van der Waals surface area contributed by atoms with Gasteiger partial charge in [-0.15, -0.1) is 0 Å². The van der Waals surface area contributed by atoms with E-state index in [9.17, 15) is 4.79 Å². The van der Waals surface area contributed by atoms with Crippen molar-refractivity contribution in [1.29, 1.82) is 0 Å². The molecule has 3 heteroatoms. The van der Waals surface area contributed by atoms with Crippen molar-refractivity contribution in [2.75, 3.05) is 0 Å². The first-order chi connectivity index (χ1) is 9.06. The molecule has 0 spiro atoms. The van der Waals surface area contributed by atoms with Crippen molar-refractivity contribution in [3.63, 3.8) is 0 Å². The number of carbonyl (C=O) groups is 1. The highest BCUT2D eigenvalue weighted by atomic mass is 16.1. The molecule has 0 radical (unpaired) electrons. The summed E-state index contributed by atoms with van der Waals surface area (Å²) >= 11 is 0. The maximum Gasteiger partial charge on any atom is 0.204 e. The van der Waals surface area contributed by atoms with Crippen molar-refractivity contribution in [3.8, 4) is 0 Å². The van der Waals surface area contributed by atoms with Gasteiger partial charge in [0.25, 0.3) is 0 Å². The van der Waals surface area contributed by atoms with Gasteiger partial charge in [-0.2, -0.15) is 0 Å².